The molecule has 0 atom stereocenters. The molecule has 1 aliphatic rings. The van der Waals surface area contributed by atoms with Crippen molar-refractivity contribution >= 4 is 23.2 Å². The molecule has 2 amide bonds. The van der Waals surface area contributed by atoms with Gasteiger partial charge in [-0.05, 0) is 48.0 Å². The number of hydrazine groups is 1. The second kappa shape index (κ2) is 6.93. The van der Waals surface area contributed by atoms with Crippen LogP contribution in [0.4, 0.5) is 0 Å². The van der Waals surface area contributed by atoms with Gasteiger partial charge in [0.15, 0.2) is 17.3 Å². The van der Waals surface area contributed by atoms with E-state index in [2.05, 4.69) is 10.9 Å². The van der Waals surface area contributed by atoms with Crippen LogP contribution < -0.4 is 20.3 Å². The van der Waals surface area contributed by atoms with Crippen LogP contribution in [-0.2, 0) is 0 Å². The lowest BCUT2D eigenvalue weighted by Gasteiger charge is -2.18. The minimum Gasteiger partial charge on any atom is -0.486 e. The number of amides is 2. The highest BCUT2D eigenvalue weighted by molar-refractivity contribution is 7.17. The van der Waals surface area contributed by atoms with Crippen LogP contribution in [0, 0.1) is 0 Å². The number of rotatable bonds is 3. The summed E-state index contributed by atoms with van der Waals surface area (Å²) in [5.74, 6) is 0.605. The number of nitrogens with one attached hydrogen (secondary N) is 2. The molecule has 0 unspecified atom stereocenters. The van der Waals surface area contributed by atoms with E-state index in [0.29, 0.717) is 23.8 Å². The number of benzene rings is 1. The van der Waals surface area contributed by atoms with E-state index < -0.39 is 11.8 Å². The largest absolute Gasteiger partial charge is 0.486 e. The van der Waals surface area contributed by atoms with Crippen molar-refractivity contribution in [2.75, 3.05) is 13.2 Å². The molecule has 132 valence electrons. The fourth-order valence-corrected chi connectivity index (χ4v) is 3.35. The molecule has 0 spiro atoms. The van der Waals surface area contributed by atoms with E-state index in [1.807, 2.05) is 24.3 Å². The molecular weight excluding hydrogens is 356 g/mol. The highest BCUT2D eigenvalue weighted by atomic mass is 32.1. The van der Waals surface area contributed by atoms with Gasteiger partial charge in [0.2, 0.25) is 0 Å². The number of hydrogen-bond donors (Lipinski definition) is 2. The Morgan fingerprint density at radius 2 is 1.73 bits per heavy atom. The molecule has 0 radical (unpaired) electrons. The third-order valence-corrected chi connectivity index (χ3v) is 4.82. The summed E-state index contributed by atoms with van der Waals surface area (Å²) in [6, 6.07) is 12.3. The molecule has 3 aromatic rings. The number of fused-ring (bicyclic) bond motifs is 1. The van der Waals surface area contributed by atoms with Gasteiger partial charge in [-0.2, -0.15) is 0 Å². The van der Waals surface area contributed by atoms with Gasteiger partial charge in [-0.3, -0.25) is 20.4 Å². The first kappa shape index (κ1) is 16.2. The summed E-state index contributed by atoms with van der Waals surface area (Å²) < 4.78 is 16.1. The second-order valence-corrected chi connectivity index (χ2v) is 6.49. The van der Waals surface area contributed by atoms with Crippen LogP contribution in [-0.4, -0.2) is 25.0 Å². The summed E-state index contributed by atoms with van der Waals surface area (Å²) in [4.78, 5) is 25.3. The van der Waals surface area contributed by atoms with Crippen LogP contribution in [0.2, 0.25) is 0 Å². The monoisotopic (exact) mass is 370 g/mol. The SMILES string of the molecule is O=C(NNC(=O)c1ccc(-c2ccc3c(c2)OCCO3)s1)c1ccco1. The Balaban J connectivity index is 1.44. The van der Waals surface area contributed by atoms with Crippen LogP contribution in [0.3, 0.4) is 0 Å². The molecule has 0 fully saturated rings. The summed E-state index contributed by atoms with van der Waals surface area (Å²) in [5, 5.41) is 0. The van der Waals surface area contributed by atoms with Crippen LogP contribution in [0.1, 0.15) is 20.2 Å². The summed E-state index contributed by atoms with van der Waals surface area (Å²) in [7, 11) is 0. The summed E-state index contributed by atoms with van der Waals surface area (Å²) in [6.07, 6.45) is 1.38. The van der Waals surface area contributed by atoms with Gasteiger partial charge in [-0.1, -0.05) is 0 Å². The first-order valence-electron chi connectivity index (χ1n) is 7.85. The number of carbonyl (C=O) groups is 2. The molecule has 7 nitrogen and oxygen atoms in total. The van der Waals surface area contributed by atoms with E-state index in [-0.39, 0.29) is 5.76 Å². The molecule has 0 aliphatic carbocycles. The molecule has 8 heteroatoms. The molecule has 0 bridgehead atoms. The smallest absolute Gasteiger partial charge is 0.305 e. The normalized spacial score (nSPS) is 12.5. The minimum absolute atomic E-state index is 0.119. The van der Waals surface area contributed by atoms with Gasteiger partial charge in [0.1, 0.15) is 13.2 Å². The molecule has 3 heterocycles. The molecule has 4 rings (SSSR count). The van der Waals surface area contributed by atoms with Crippen molar-refractivity contribution in [3.63, 3.8) is 0 Å². The van der Waals surface area contributed by atoms with E-state index in [4.69, 9.17) is 13.9 Å². The van der Waals surface area contributed by atoms with E-state index >= 15 is 0 Å². The maximum Gasteiger partial charge on any atom is 0.305 e. The lowest BCUT2D eigenvalue weighted by Crippen LogP contribution is -2.41. The molecule has 1 aliphatic heterocycles. The Bertz CT molecular complexity index is 948. The van der Waals surface area contributed by atoms with Crippen LogP contribution in [0.25, 0.3) is 10.4 Å². The van der Waals surface area contributed by atoms with Crippen LogP contribution >= 0.6 is 11.3 Å². The van der Waals surface area contributed by atoms with Crippen molar-refractivity contribution in [2.45, 2.75) is 0 Å². The fourth-order valence-electron chi connectivity index (χ4n) is 2.46. The molecule has 26 heavy (non-hydrogen) atoms. The average Bonchev–Trinajstić information content (AvgIpc) is 3.37. The summed E-state index contributed by atoms with van der Waals surface area (Å²) in [5.41, 5.74) is 5.61. The zero-order chi connectivity index (χ0) is 17.9. The Kier molecular flexibility index (Phi) is 4.32. The maximum absolute atomic E-state index is 12.2. The summed E-state index contributed by atoms with van der Waals surface area (Å²) >= 11 is 1.31. The molecule has 0 saturated carbocycles. The van der Waals surface area contributed by atoms with Crippen molar-refractivity contribution in [2.24, 2.45) is 0 Å². The summed E-state index contributed by atoms with van der Waals surface area (Å²) in [6.45, 7) is 1.06. The van der Waals surface area contributed by atoms with Gasteiger partial charge in [-0.15, -0.1) is 11.3 Å². The van der Waals surface area contributed by atoms with Crippen molar-refractivity contribution in [1.82, 2.24) is 10.9 Å². The molecule has 0 saturated heterocycles. The van der Waals surface area contributed by atoms with Gasteiger partial charge in [0, 0.05) is 4.88 Å². The average molecular weight is 370 g/mol. The standard InChI is InChI=1S/C18H14N2O5S/c21-17(13-2-1-7-23-13)19-20-18(22)16-6-5-15(26-16)11-3-4-12-14(10-11)25-9-8-24-12/h1-7,10H,8-9H2,(H,19,21)(H,20,22). The third kappa shape index (κ3) is 3.27. The zero-order valence-electron chi connectivity index (χ0n) is 13.5. The Hall–Kier alpha value is -3.26. The van der Waals surface area contributed by atoms with E-state index in [9.17, 15) is 9.59 Å². The van der Waals surface area contributed by atoms with E-state index in [0.717, 1.165) is 16.2 Å². The highest BCUT2D eigenvalue weighted by Crippen LogP contribution is 2.36. The zero-order valence-corrected chi connectivity index (χ0v) is 14.3. The lowest BCUT2D eigenvalue weighted by molar-refractivity contribution is 0.0833. The number of thiophene rings is 1. The molecule has 2 aromatic heterocycles. The first-order valence-corrected chi connectivity index (χ1v) is 8.66. The van der Waals surface area contributed by atoms with Crippen molar-refractivity contribution in [3.8, 4) is 21.9 Å². The van der Waals surface area contributed by atoms with E-state index in [1.54, 1.807) is 12.1 Å². The van der Waals surface area contributed by atoms with Gasteiger partial charge >= 0.3 is 5.91 Å². The Morgan fingerprint density at radius 3 is 2.54 bits per heavy atom. The predicted octanol–water partition coefficient (Wildman–Crippen LogP) is 2.85. The van der Waals surface area contributed by atoms with Gasteiger partial charge < -0.3 is 13.9 Å². The second-order valence-electron chi connectivity index (χ2n) is 5.41. The van der Waals surface area contributed by atoms with Crippen LogP contribution in [0.5, 0.6) is 11.5 Å². The van der Waals surface area contributed by atoms with E-state index in [1.165, 1.54) is 23.7 Å². The van der Waals surface area contributed by atoms with Crippen molar-refractivity contribution in [3.05, 3.63) is 59.4 Å². The van der Waals surface area contributed by atoms with Crippen molar-refractivity contribution in [1.29, 1.82) is 0 Å². The first-order chi connectivity index (χ1) is 12.7. The van der Waals surface area contributed by atoms with Gasteiger partial charge in [-0.25, -0.2) is 0 Å². The molecule has 2 N–H and O–H groups in total. The number of hydrogen-bond acceptors (Lipinski definition) is 6. The molecule has 1 aromatic carbocycles. The van der Waals surface area contributed by atoms with Gasteiger partial charge in [0.25, 0.3) is 5.91 Å². The quantitative estimate of drug-likeness (QED) is 0.692. The third-order valence-electron chi connectivity index (χ3n) is 3.69. The maximum atomic E-state index is 12.2. The van der Waals surface area contributed by atoms with Crippen LogP contribution in [0.15, 0.2) is 53.1 Å². The minimum atomic E-state index is -0.521. The lowest BCUT2D eigenvalue weighted by atomic mass is 10.1. The Labute approximate surface area is 152 Å². The number of ether oxygens (including phenoxy) is 2. The topological polar surface area (TPSA) is 89.8 Å². The number of furan rings is 1. The van der Waals surface area contributed by atoms with Gasteiger partial charge in [0.05, 0.1) is 11.1 Å². The Morgan fingerprint density at radius 1 is 0.923 bits per heavy atom. The highest BCUT2D eigenvalue weighted by Gasteiger charge is 2.16. The predicted molar refractivity (Wildman–Crippen MR) is 94.4 cm³/mol. The fraction of sp³-hybridized carbons (Fsp3) is 0.111. The van der Waals surface area contributed by atoms with Crippen molar-refractivity contribution < 1.29 is 23.5 Å². The molecular formula is C18H14N2O5S. The number of carbonyl (C=O) groups excluding carboxylic acids is 2.